The summed E-state index contributed by atoms with van der Waals surface area (Å²) < 4.78 is 24.1. The van der Waals surface area contributed by atoms with Crippen molar-refractivity contribution >= 4 is 15.5 Å². The number of pyridine rings is 1. The summed E-state index contributed by atoms with van der Waals surface area (Å²) in [5.41, 5.74) is 6.73. The van der Waals surface area contributed by atoms with Crippen LogP contribution in [0.5, 0.6) is 0 Å². The van der Waals surface area contributed by atoms with Gasteiger partial charge >= 0.3 is 0 Å². The van der Waals surface area contributed by atoms with Crippen LogP contribution < -0.4 is 5.73 Å². The Hall–Kier alpha value is -1.88. The molecule has 4 nitrogen and oxygen atoms in total. The van der Waals surface area contributed by atoms with Crippen molar-refractivity contribution in [1.29, 1.82) is 0 Å². The highest BCUT2D eigenvalue weighted by molar-refractivity contribution is 7.90. The molecule has 1 aromatic carbocycles. The molecule has 0 fully saturated rings. The molecule has 0 saturated carbocycles. The zero-order chi connectivity index (χ0) is 12.3. The number of hydrogen-bond donors (Lipinski definition) is 1. The van der Waals surface area contributed by atoms with Gasteiger partial charge in [0.1, 0.15) is 0 Å². The van der Waals surface area contributed by atoms with Crippen LogP contribution in [0.15, 0.2) is 53.7 Å². The van der Waals surface area contributed by atoms with Crippen LogP contribution >= 0.6 is 0 Å². The van der Waals surface area contributed by atoms with Gasteiger partial charge in [0, 0.05) is 18.1 Å². The van der Waals surface area contributed by atoms with Crippen molar-refractivity contribution in [2.75, 3.05) is 5.73 Å². The van der Waals surface area contributed by atoms with Crippen molar-refractivity contribution in [2.24, 2.45) is 0 Å². The quantitative estimate of drug-likeness (QED) is 0.838. The lowest BCUT2D eigenvalue weighted by molar-refractivity contribution is 0.595. The molecule has 0 aliphatic heterocycles. The number of aromatic nitrogens is 1. The molecule has 5 heteroatoms. The van der Waals surface area contributed by atoms with Gasteiger partial charge in [-0.25, -0.2) is 8.42 Å². The van der Waals surface area contributed by atoms with Gasteiger partial charge in [0.05, 0.1) is 10.6 Å². The van der Waals surface area contributed by atoms with E-state index in [9.17, 15) is 8.42 Å². The molecule has 88 valence electrons. The Bertz CT molecular complexity index is 592. The number of anilines is 1. The maximum absolute atomic E-state index is 12.0. The molecular weight excluding hydrogens is 236 g/mol. The Balaban J connectivity index is 2.29. The van der Waals surface area contributed by atoms with Gasteiger partial charge in [-0.05, 0) is 35.9 Å². The summed E-state index contributed by atoms with van der Waals surface area (Å²) in [4.78, 5) is 4.17. The molecule has 1 heterocycles. The van der Waals surface area contributed by atoms with Gasteiger partial charge in [-0.1, -0.05) is 6.07 Å². The van der Waals surface area contributed by atoms with Gasteiger partial charge in [0.2, 0.25) is 0 Å². The highest BCUT2D eigenvalue weighted by atomic mass is 32.2. The van der Waals surface area contributed by atoms with Crippen LogP contribution in [-0.2, 0) is 15.6 Å². The predicted octanol–water partition coefficient (Wildman–Crippen LogP) is 1.64. The summed E-state index contributed by atoms with van der Waals surface area (Å²) in [6, 6.07) is 9.64. The van der Waals surface area contributed by atoms with Crippen molar-refractivity contribution in [1.82, 2.24) is 4.98 Å². The third kappa shape index (κ3) is 2.82. The normalized spacial score (nSPS) is 11.3. The first kappa shape index (κ1) is 11.6. The van der Waals surface area contributed by atoms with Crippen LogP contribution in [0.25, 0.3) is 0 Å². The van der Waals surface area contributed by atoms with E-state index in [1.54, 1.807) is 36.7 Å². The highest BCUT2D eigenvalue weighted by Gasteiger charge is 2.14. The molecule has 0 bridgehead atoms. The maximum Gasteiger partial charge on any atom is 0.182 e. The van der Waals surface area contributed by atoms with Crippen molar-refractivity contribution in [3.8, 4) is 0 Å². The van der Waals surface area contributed by atoms with E-state index in [-0.39, 0.29) is 10.6 Å². The Morgan fingerprint density at radius 3 is 2.41 bits per heavy atom. The van der Waals surface area contributed by atoms with Gasteiger partial charge < -0.3 is 5.73 Å². The molecule has 17 heavy (non-hydrogen) atoms. The number of nitrogens with zero attached hydrogens (tertiary/aromatic N) is 1. The van der Waals surface area contributed by atoms with Gasteiger partial charge in [-0.2, -0.15) is 0 Å². The van der Waals surface area contributed by atoms with Crippen LogP contribution in [0, 0.1) is 0 Å². The molecule has 0 amide bonds. The standard InChI is InChI=1S/C12H12N2O2S/c13-11-3-5-12(6-4-11)17(15,16)9-10-2-1-7-14-8-10/h1-8H,9,13H2. The van der Waals surface area contributed by atoms with E-state index in [2.05, 4.69) is 4.98 Å². The van der Waals surface area contributed by atoms with Gasteiger partial charge in [-0.3, -0.25) is 4.98 Å². The van der Waals surface area contributed by atoms with Crippen LogP contribution in [0.1, 0.15) is 5.56 Å². The molecule has 2 rings (SSSR count). The number of nitrogens with two attached hydrogens (primary N) is 1. The van der Waals surface area contributed by atoms with Crippen LogP contribution in [0.3, 0.4) is 0 Å². The Morgan fingerprint density at radius 2 is 1.82 bits per heavy atom. The van der Waals surface area contributed by atoms with Gasteiger partial charge in [0.25, 0.3) is 0 Å². The smallest absolute Gasteiger partial charge is 0.182 e. The largest absolute Gasteiger partial charge is 0.399 e. The summed E-state index contributed by atoms with van der Waals surface area (Å²) in [6.07, 6.45) is 3.16. The van der Waals surface area contributed by atoms with E-state index in [1.165, 1.54) is 12.1 Å². The Kier molecular flexibility index (Phi) is 3.10. The van der Waals surface area contributed by atoms with Gasteiger partial charge in [0.15, 0.2) is 9.84 Å². The van der Waals surface area contributed by atoms with Crippen molar-refractivity contribution in [2.45, 2.75) is 10.6 Å². The minimum atomic E-state index is -3.33. The summed E-state index contributed by atoms with van der Waals surface area (Å²) >= 11 is 0. The molecule has 1 aromatic heterocycles. The van der Waals surface area contributed by atoms with Crippen LogP contribution in [0.4, 0.5) is 5.69 Å². The molecule has 0 spiro atoms. The van der Waals surface area contributed by atoms with E-state index in [4.69, 9.17) is 5.73 Å². The molecule has 0 aliphatic rings. The lowest BCUT2D eigenvalue weighted by atomic mass is 10.3. The molecule has 0 aliphatic carbocycles. The van der Waals surface area contributed by atoms with E-state index in [0.717, 1.165) is 0 Å². The van der Waals surface area contributed by atoms with Crippen molar-refractivity contribution in [3.63, 3.8) is 0 Å². The monoisotopic (exact) mass is 248 g/mol. The second kappa shape index (κ2) is 4.55. The Labute approximate surface area is 100 Å². The molecular formula is C12H12N2O2S. The average Bonchev–Trinajstić information content (AvgIpc) is 2.30. The molecule has 2 N–H and O–H groups in total. The van der Waals surface area contributed by atoms with E-state index >= 15 is 0 Å². The van der Waals surface area contributed by atoms with Crippen molar-refractivity contribution in [3.05, 3.63) is 54.4 Å². The fourth-order valence-electron chi connectivity index (χ4n) is 1.46. The first-order valence-electron chi connectivity index (χ1n) is 5.05. The summed E-state index contributed by atoms with van der Waals surface area (Å²) in [5.74, 6) is -0.0508. The summed E-state index contributed by atoms with van der Waals surface area (Å²) in [5, 5.41) is 0. The van der Waals surface area contributed by atoms with Crippen LogP contribution in [-0.4, -0.2) is 13.4 Å². The fourth-order valence-corrected chi connectivity index (χ4v) is 2.79. The lowest BCUT2D eigenvalue weighted by Gasteiger charge is -2.04. The number of rotatable bonds is 3. The molecule has 0 radical (unpaired) electrons. The van der Waals surface area contributed by atoms with Gasteiger partial charge in [-0.15, -0.1) is 0 Å². The first-order valence-corrected chi connectivity index (χ1v) is 6.70. The molecule has 0 unspecified atom stereocenters. The summed E-state index contributed by atoms with van der Waals surface area (Å²) in [7, 11) is -3.33. The van der Waals surface area contributed by atoms with E-state index in [1.807, 2.05) is 0 Å². The third-order valence-electron chi connectivity index (χ3n) is 2.32. The second-order valence-electron chi connectivity index (χ2n) is 3.69. The van der Waals surface area contributed by atoms with Crippen molar-refractivity contribution < 1.29 is 8.42 Å². The fraction of sp³-hybridized carbons (Fsp3) is 0.0833. The third-order valence-corrected chi connectivity index (χ3v) is 4.02. The molecule has 0 atom stereocenters. The maximum atomic E-state index is 12.0. The second-order valence-corrected chi connectivity index (χ2v) is 5.68. The minimum absolute atomic E-state index is 0.0508. The van der Waals surface area contributed by atoms with Crippen LogP contribution in [0.2, 0.25) is 0 Å². The van der Waals surface area contributed by atoms with E-state index in [0.29, 0.717) is 11.3 Å². The predicted molar refractivity (Wildman–Crippen MR) is 66.0 cm³/mol. The highest BCUT2D eigenvalue weighted by Crippen LogP contribution is 2.17. The number of benzene rings is 1. The number of hydrogen-bond acceptors (Lipinski definition) is 4. The molecule has 0 saturated heterocycles. The zero-order valence-corrected chi connectivity index (χ0v) is 9.89. The summed E-state index contributed by atoms with van der Waals surface area (Å²) in [6.45, 7) is 0. The SMILES string of the molecule is Nc1ccc(S(=O)(=O)Cc2cccnc2)cc1. The first-order chi connectivity index (χ1) is 8.08. The average molecular weight is 248 g/mol. The topological polar surface area (TPSA) is 73.1 Å². The Morgan fingerprint density at radius 1 is 1.12 bits per heavy atom. The number of sulfone groups is 1. The minimum Gasteiger partial charge on any atom is -0.399 e. The number of nitrogen functional groups attached to an aromatic ring is 1. The zero-order valence-electron chi connectivity index (χ0n) is 9.08. The molecule has 2 aromatic rings. The lowest BCUT2D eigenvalue weighted by Crippen LogP contribution is -2.05. The van der Waals surface area contributed by atoms with E-state index < -0.39 is 9.84 Å².